The summed E-state index contributed by atoms with van der Waals surface area (Å²) < 4.78 is 12.1. The van der Waals surface area contributed by atoms with Gasteiger partial charge >= 0.3 is 11.9 Å². The van der Waals surface area contributed by atoms with Gasteiger partial charge in [-0.3, -0.25) is 9.59 Å². The number of hydrogen-bond donors (Lipinski definition) is 2. The first kappa shape index (κ1) is 20.7. The Kier molecular flexibility index (Phi) is 7.66. The number of aliphatic carboxylic acids is 2. The second-order valence-electron chi connectivity index (χ2n) is 5.26. The van der Waals surface area contributed by atoms with E-state index < -0.39 is 41.0 Å². The Balaban J connectivity index is 3.06. The lowest BCUT2D eigenvalue weighted by molar-refractivity contribution is -0.163. The highest BCUT2D eigenvalue weighted by atomic mass is 32.2. The molecule has 1 aromatic carbocycles. The first-order chi connectivity index (χ1) is 11.8. The van der Waals surface area contributed by atoms with Crippen LogP contribution in [0.5, 0.6) is 0 Å². The normalized spacial score (nSPS) is 14.7. The van der Waals surface area contributed by atoms with Crippen molar-refractivity contribution in [1.82, 2.24) is 4.90 Å². The van der Waals surface area contributed by atoms with Crippen LogP contribution in [0.15, 0.2) is 46.7 Å². The molecule has 0 aromatic heterocycles. The molecule has 1 amide bonds. The summed E-state index contributed by atoms with van der Waals surface area (Å²) in [7, 11) is 0. The maximum Gasteiger partial charge on any atom is 0.330 e. The van der Waals surface area contributed by atoms with E-state index in [1.54, 1.807) is 37.3 Å². The minimum absolute atomic E-state index is 0.00850. The maximum atomic E-state index is 12.4. The fraction of sp³-hybridized carbons (Fsp3) is 0.353. The van der Waals surface area contributed by atoms with E-state index in [1.165, 1.54) is 12.3 Å². The van der Waals surface area contributed by atoms with Crippen molar-refractivity contribution in [2.45, 2.75) is 37.1 Å². The first-order valence-corrected chi connectivity index (χ1v) is 8.90. The third-order valence-corrected chi connectivity index (χ3v) is 4.96. The third-order valence-electron chi connectivity index (χ3n) is 3.84. The lowest BCUT2D eigenvalue weighted by Gasteiger charge is -2.37. The van der Waals surface area contributed by atoms with Crippen molar-refractivity contribution in [2.24, 2.45) is 0 Å². The summed E-state index contributed by atoms with van der Waals surface area (Å²) in [5.41, 5.74) is -1.85. The molecule has 0 saturated carbocycles. The van der Waals surface area contributed by atoms with Gasteiger partial charge in [-0.15, -0.1) is 0 Å². The summed E-state index contributed by atoms with van der Waals surface area (Å²) in [5.74, 6) is -3.39. The molecule has 0 bridgehead atoms. The Bertz CT molecular complexity index is 648. The molecule has 25 heavy (non-hydrogen) atoms. The van der Waals surface area contributed by atoms with Crippen molar-refractivity contribution in [3.63, 3.8) is 0 Å². The SMILES string of the molecule is CCN(C(=O)/C=C/[S+]([O-])c1ccccc1)[C@](CC)(CC(=O)O)C(=O)O. The van der Waals surface area contributed by atoms with Gasteiger partial charge in [-0.2, -0.15) is 0 Å². The van der Waals surface area contributed by atoms with Crippen LogP contribution in [0.25, 0.3) is 0 Å². The molecule has 136 valence electrons. The van der Waals surface area contributed by atoms with Crippen LogP contribution in [-0.2, 0) is 25.6 Å². The van der Waals surface area contributed by atoms with Crippen molar-refractivity contribution in [3.8, 4) is 0 Å². The number of carbonyl (C=O) groups excluding carboxylic acids is 1. The van der Waals surface area contributed by atoms with Gasteiger partial charge in [-0.05, 0) is 25.5 Å². The van der Waals surface area contributed by atoms with Crippen LogP contribution < -0.4 is 0 Å². The van der Waals surface area contributed by atoms with E-state index >= 15 is 0 Å². The highest BCUT2D eigenvalue weighted by Gasteiger charge is 2.46. The van der Waals surface area contributed by atoms with Gasteiger partial charge in [0.1, 0.15) is 5.41 Å². The number of carboxylic acids is 2. The molecule has 2 atom stereocenters. The molecule has 0 aliphatic heterocycles. The molecule has 8 heteroatoms. The summed E-state index contributed by atoms with van der Waals surface area (Å²) in [5, 5.41) is 19.8. The van der Waals surface area contributed by atoms with Crippen LogP contribution in [0, 0.1) is 0 Å². The predicted molar refractivity (Wildman–Crippen MR) is 92.3 cm³/mol. The number of rotatable bonds is 9. The van der Waals surface area contributed by atoms with Crippen molar-refractivity contribution in [2.75, 3.05) is 6.54 Å². The van der Waals surface area contributed by atoms with Crippen molar-refractivity contribution in [3.05, 3.63) is 41.8 Å². The molecule has 0 spiro atoms. The van der Waals surface area contributed by atoms with E-state index in [0.29, 0.717) is 4.90 Å². The van der Waals surface area contributed by atoms with Gasteiger partial charge in [0.15, 0.2) is 10.4 Å². The average Bonchev–Trinajstić information content (AvgIpc) is 2.59. The Hall–Kier alpha value is -2.32. The Morgan fingerprint density at radius 2 is 1.80 bits per heavy atom. The number of benzene rings is 1. The second kappa shape index (κ2) is 9.24. The average molecular weight is 367 g/mol. The van der Waals surface area contributed by atoms with E-state index in [9.17, 15) is 24.0 Å². The molecule has 0 radical (unpaired) electrons. The topological polar surface area (TPSA) is 118 Å². The van der Waals surface area contributed by atoms with E-state index in [0.717, 1.165) is 11.0 Å². The third kappa shape index (κ3) is 5.07. The summed E-state index contributed by atoms with van der Waals surface area (Å²) in [4.78, 5) is 36.8. The van der Waals surface area contributed by atoms with Gasteiger partial charge in [0.25, 0.3) is 5.91 Å². The van der Waals surface area contributed by atoms with Gasteiger partial charge < -0.3 is 19.7 Å². The van der Waals surface area contributed by atoms with Crippen LogP contribution in [-0.4, -0.2) is 49.6 Å². The Morgan fingerprint density at radius 3 is 2.24 bits per heavy atom. The largest absolute Gasteiger partial charge is 0.607 e. The molecule has 0 saturated heterocycles. The number of hydrogen-bond acceptors (Lipinski definition) is 4. The number of carboxylic acid groups (broad SMARTS) is 2. The zero-order valence-electron chi connectivity index (χ0n) is 14.0. The molecular formula is C17H21NO6S. The molecule has 1 aromatic rings. The van der Waals surface area contributed by atoms with Crippen molar-refractivity contribution in [1.29, 1.82) is 0 Å². The fourth-order valence-corrected chi connectivity index (χ4v) is 3.34. The van der Waals surface area contributed by atoms with Crippen LogP contribution in [0.3, 0.4) is 0 Å². The van der Waals surface area contributed by atoms with Crippen molar-refractivity contribution >= 4 is 29.0 Å². The zero-order valence-corrected chi connectivity index (χ0v) is 14.9. The van der Waals surface area contributed by atoms with Crippen LogP contribution in [0.2, 0.25) is 0 Å². The highest BCUT2D eigenvalue weighted by molar-refractivity contribution is 7.94. The summed E-state index contributed by atoms with van der Waals surface area (Å²) >= 11 is -1.56. The molecule has 0 aliphatic rings. The second-order valence-corrected chi connectivity index (χ2v) is 6.59. The zero-order chi connectivity index (χ0) is 19.0. The quantitative estimate of drug-likeness (QED) is 0.508. The predicted octanol–water partition coefficient (Wildman–Crippen LogP) is 1.86. The van der Waals surface area contributed by atoms with Crippen LogP contribution in [0.4, 0.5) is 0 Å². The van der Waals surface area contributed by atoms with Gasteiger partial charge in [0.2, 0.25) is 0 Å². The summed E-state index contributed by atoms with van der Waals surface area (Å²) in [6.07, 6.45) is 0.250. The lowest BCUT2D eigenvalue weighted by Crippen LogP contribution is -2.57. The minimum atomic E-state index is -1.85. The summed E-state index contributed by atoms with van der Waals surface area (Å²) in [6, 6.07) is 8.46. The molecule has 7 nitrogen and oxygen atoms in total. The molecule has 1 rings (SSSR count). The van der Waals surface area contributed by atoms with E-state index in [-0.39, 0.29) is 13.0 Å². The number of nitrogens with zero attached hydrogens (tertiary/aromatic N) is 1. The Morgan fingerprint density at radius 1 is 1.20 bits per heavy atom. The lowest BCUT2D eigenvalue weighted by atomic mass is 9.89. The monoisotopic (exact) mass is 367 g/mol. The van der Waals surface area contributed by atoms with Crippen LogP contribution >= 0.6 is 0 Å². The Labute approximate surface area is 149 Å². The molecule has 2 N–H and O–H groups in total. The van der Waals surface area contributed by atoms with E-state index in [1.807, 2.05) is 0 Å². The van der Waals surface area contributed by atoms with Gasteiger partial charge in [-0.25, -0.2) is 4.79 Å². The standard InChI is InChI=1S/C17H21NO6S/c1-3-17(16(22)23,12-15(20)21)18(4-2)14(19)10-11-25(24)13-8-6-5-7-9-13/h5-11H,3-4,12H2,1-2H3,(H,20,21)(H,22,23)/b11-10+/t17-,25?/m1/s1. The number of likely N-dealkylation sites (N-methyl/N-ethyl adjacent to an activating group) is 1. The van der Waals surface area contributed by atoms with Crippen LogP contribution in [0.1, 0.15) is 26.7 Å². The van der Waals surface area contributed by atoms with Crippen molar-refractivity contribution < 1.29 is 29.1 Å². The highest BCUT2D eigenvalue weighted by Crippen LogP contribution is 2.26. The molecule has 0 fully saturated rings. The van der Waals surface area contributed by atoms with Gasteiger partial charge in [0.05, 0.1) is 12.5 Å². The molecule has 0 heterocycles. The first-order valence-electron chi connectivity index (χ1n) is 7.69. The summed E-state index contributed by atoms with van der Waals surface area (Å²) in [6.45, 7) is 3.09. The fourth-order valence-electron chi connectivity index (χ4n) is 2.52. The molecule has 1 unspecified atom stereocenters. The number of amides is 1. The molecular weight excluding hydrogens is 346 g/mol. The van der Waals surface area contributed by atoms with E-state index in [2.05, 4.69) is 0 Å². The number of carbonyl (C=O) groups is 3. The smallest absolute Gasteiger partial charge is 0.330 e. The van der Waals surface area contributed by atoms with Gasteiger partial charge in [-0.1, -0.05) is 25.1 Å². The van der Waals surface area contributed by atoms with E-state index in [4.69, 9.17) is 5.11 Å². The molecule has 0 aliphatic carbocycles. The maximum absolute atomic E-state index is 12.4. The minimum Gasteiger partial charge on any atom is -0.607 e. The van der Waals surface area contributed by atoms with Gasteiger partial charge in [0, 0.05) is 17.7 Å².